The Kier molecular flexibility index (Phi) is 11.7. The average molecular weight is 823 g/mol. The molecule has 318 valence electrons. The van der Waals surface area contributed by atoms with E-state index in [0.29, 0.717) is 5.75 Å². The Morgan fingerprint density at radius 2 is 0.783 bits per heavy atom. The summed E-state index contributed by atoms with van der Waals surface area (Å²) in [4.78, 5) is 21.4. The quantitative estimate of drug-likeness (QED) is 0.170. The summed E-state index contributed by atoms with van der Waals surface area (Å²) < 4.78 is 6.21. The standard InChI is InChI=1S/C56H71O3P/c1-51(2,3)37-26-35-28-44(53(7,8)9)42(32-40(35)46(30-37)55(13,14)15)49-39(34-22-20-19-21-23-34)24-25-48(59-60(57)58)50(49)43-33-41-36(29-45(43)54(10,11)12)27-38(52(4,5)6)31-47(41)56(16,17)18/h19-33,57-58H,1-18H3. The Bertz CT molecular complexity index is 2570. The minimum absolute atomic E-state index is 0.0278. The average Bonchev–Trinajstić information content (AvgIpc) is 3.10. The lowest BCUT2D eigenvalue weighted by Crippen LogP contribution is -2.19. The molecule has 0 aliphatic rings. The Balaban J connectivity index is 1.94. The van der Waals surface area contributed by atoms with Crippen molar-refractivity contribution in [2.45, 2.75) is 157 Å². The van der Waals surface area contributed by atoms with Gasteiger partial charge in [-0.2, -0.15) is 0 Å². The molecule has 0 spiro atoms. The van der Waals surface area contributed by atoms with Crippen molar-refractivity contribution >= 4 is 30.1 Å². The van der Waals surface area contributed by atoms with Gasteiger partial charge in [-0.1, -0.05) is 185 Å². The van der Waals surface area contributed by atoms with Gasteiger partial charge < -0.3 is 14.3 Å². The summed E-state index contributed by atoms with van der Waals surface area (Å²) in [6.07, 6.45) is 0. The number of hydrogen-bond donors (Lipinski definition) is 2. The first-order chi connectivity index (χ1) is 27.4. The van der Waals surface area contributed by atoms with Crippen molar-refractivity contribution < 1.29 is 14.3 Å². The Morgan fingerprint density at radius 3 is 1.15 bits per heavy atom. The van der Waals surface area contributed by atoms with Crippen LogP contribution in [0.5, 0.6) is 5.75 Å². The van der Waals surface area contributed by atoms with E-state index in [9.17, 15) is 9.79 Å². The van der Waals surface area contributed by atoms with Crippen LogP contribution >= 0.6 is 8.60 Å². The highest BCUT2D eigenvalue weighted by molar-refractivity contribution is 7.39. The largest absolute Gasteiger partial charge is 0.426 e. The molecule has 0 amide bonds. The van der Waals surface area contributed by atoms with E-state index in [4.69, 9.17) is 4.52 Å². The molecule has 0 unspecified atom stereocenters. The van der Waals surface area contributed by atoms with Gasteiger partial charge in [-0.25, -0.2) is 0 Å². The molecule has 60 heavy (non-hydrogen) atoms. The summed E-state index contributed by atoms with van der Waals surface area (Å²) >= 11 is 0. The molecule has 0 atom stereocenters. The predicted molar refractivity (Wildman–Crippen MR) is 262 cm³/mol. The fourth-order valence-corrected chi connectivity index (χ4v) is 9.07. The molecule has 3 nitrogen and oxygen atoms in total. The zero-order chi connectivity index (χ0) is 44.7. The summed E-state index contributed by atoms with van der Waals surface area (Å²) in [6, 6.07) is 33.9. The molecule has 2 N–H and O–H groups in total. The molecule has 0 saturated carbocycles. The summed E-state index contributed by atoms with van der Waals surface area (Å²) in [5.41, 5.74) is 12.9. The van der Waals surface area contributed by atoms with Gasteiger partial charge in [0.05, 0.1) is 0 Å². The zero-order valence-corrected chi connectivity index (χ0v) is 40.8. The summed E-state index contributed by atoms with van der Waals surface area (Å²) in [5.74, 6) is 0.452. The second kappa shape index (κ2) is 15.4. The van der Waals surface area contributed by atoms with Crippen LogP contribution in [0.2, 0.25) is 0 Å². The van der Waals surface area contributed by atoms with Crippen LogP contribution in [0.15, 0.2) is 91.0 Å². The van der Waals surface area contributed by atoms with Crippen LogP contribution in [-0.4, -0.2) is 9.79 Å². The maximum atomic E-state index is 10.7. The van der Waals surface area contributed by atoms with Crippen LogP contribution in [0, 0.1) is 0 Å². The van der Waals surface area contributed by atoms with Gasteiger partial charge in [0.2, 0.25) is 0 Å². The predicted octanol–water partition coefficient (Wildman–Crippen LogP) is 16.4. The third-order valence-corrected chi connectivity index (χ3v) is 12.5. The van der Waals surface area contributed by atoms with E-state index in [0.717, 1.165) is 33.4 Å². The highest BCUT2D eigenvalue weighted by Gasteiger charge is 2.33. The number of fused-ring (bicyclic) bond motifs is 2. The second-order valence-electron chi connectivity index (χ2n) is 23.4. The molecule has 6 aromatic rings. The van der Waals surface area contributed by atoms with Crippen LogP contribution in [0.1, 0.15) is 158 Å². The van der Waals surface area contributed by atoms with Crippen molar-refractivity contribution in [3.63, 3.8) is 0 Å². The third-order valence-electron chi connectivity index (χ3n) is 12.1. The molecule has 0 aliphatic heterocycles. The van der Waals surface area contributed by atoms with Crippen molar-refractivity contribution in [3.8, 4) is 39.1 Å². The van der Waals surface area contributed by atoms with Crippen LogP contribution < -0.4 is 4.52 Å². The molecular weight excluding hydrogens is 752 g/mol. The van der Waals surface area contributed by atoms with Crippen LogP contribution in [0.3, 0.4) is 0 Å². The molecular formula is C56H71O3P. The SMILES string of the molecule is CC(C)(C)c1cc(C(C)(C)C)c2cc(-c3c(OP(O)O)ccc(-c4ccccc4)c3-c3cc4c(C(C)(C)C)cc(C(C)(C)C)cc4cc3C(C)(C)C)c(C(C)(C)C)cc2c1. The molecule has 4 heteroatoms. The van der Waals surface area contributed by atoms with Gasteiger partial charge >= 0.3 is 8.60 Å². The molecule has 0 radical (unpaired) electrons. The minimum atomic E-state index is -2.74. The number of benzene rings is 6. The lowest BCUT2D eigenvalue weighted by atomic mass is 9.72. The van der Waals surface area contributed by atoms with Crippen molar-refractivity contribution in [1.82, 2.24) is 0 Å². The van der Waals surface area contributed by atoms with Crippen LogP contribution in [0.25, 0.3) is 54.9 Å². The molecule has 6 rings (SSSR count). The molecule has 0 bridgehead atoms. The maximum absolute atomic E-state index is 10.7. The monoisotopic (exact) mass is 823 g/mol. The number of rotatable bonds is 5. The first-order valence-corrected chi connectivity index (χ1v) is 22.9. The zero-order valence-electron chi connectivity index (χ0n) is 39.9. The molecule has 0 heterocycles. The Morgan fingerprint density at radius 1 is 0.383 bits per heavy atom. The van der Waals surface area contributed by atoms with E-state index < -0.39 is 8.60 Å². The fourth-order valence-electron chi connectivity index (χ4n) is 8.74. The minimum Gasteiger partial charge on any atom is -0.426 e. The van der Waals surface area contributed by atoms with Crippen molar-refractivity contribution in [3.05, 3.63) is 124 Å². The molecule has 0 aliphatic carbocycles. The first kappa shape index (κ1) is 45.5. The lowest BCUT2D eigenvalue weighted by Gasteiger charge is -2.32. The fraction of sp³-hybridized carbons (Fsp3) is 0.429. The van der Waals surface area contributed by atoms with Gasteiger partial charge in [0.25, 0.3) is 0 Å². The van der Waals surface area contributed by atoms with Crippen LogP contribution in [-0.2, 0) is 32.5 Å². The van der Waals surface area contributed by atoms with E-state index in [2.05, 4.69) is 210 Å². The summed E-state index contributed by atoms with van der Waals surface area (Å²) in [5, 5.41) is 4.85. The highest BCUT2D eigenvalue weighted by Crippen LogP contribution is 2.54. The molecule has 0 fully saturated rings. The summed E-state index contributed by atoms with van der Waals surface area (Å²) in [7, 11) is -2.74. The Labute approximate surface area is 363 Å². The first-order valence-electron chi connectivity index (χ1n) is 21.7. The lowest BCUT2D eigenvalue weighted by molar-refractivity contribution is 0.375. The molecule has 6 aromatic carbocycles. The second-order valence-corrected chi connectivity index (χ2v) is 24.0. The van der Waals surface area contributed by atoms with Gasteiger partial charge in [-0.15, -0.1) is 0 Å². The molecule has 0 saturated heterocycles. The van der Waals surface area contributed by atoms with Crippen molar-refractivity contribution in [1.29, 1.82) is 0 Å². The van der Waals surface area contributed by atoms with Gasteiger partial charge in [-0.05, 0) is 140 Å². The van der Waals surface area contributed by atoms with Gasteiger partial charge in [0, 0.05) is 11.1 Å². The number of hydrogen-bond acceptors (Lipinski definition) is 3. The topological polar surface area (TPSA) is 49.7 Å². The highest BCUT2D eigenvalue weighted by atomic mass is 31.2. The van der Waals surface area contributed by atoms with Gasteiger partial charge in [-0.3, -0.25) is 0 Å². The van der Waals surface area contributed by atoms with E-state index in [1.165, 1.54) is 54.9 Å². The maximum Gasteiger partial charge on any atom is 0.391 e. The molecule has 0 aromatic heterocycles. The van der Waals surface area contributed by atoms with E-state index in [1.807, 2.05) is 6.07 Å². The van der Waals surface area contributed by atoms with E-state index in [1.54, 1.807) is 0 Å². The van der Waals surface area contributed by atoms with Crippen molar-refractivity contribution in [2.24, 2.45) is 0 Å². The van der Waals surface area contributed by atoms with Crippen LogP contribution in [0.4, 0.5) is 0 Å². The van der Waals surface area contributed by atoms with E-state index in [-0.39, 0.29) is 32.5 Å². The van der Waals surface area contributed by atoms with Gasteiger partial charge in [0.1, 0.15) is 5.75 Å². The Hall–Kier alpha value is -4.01. The van der Waals surface area contributed by atoms with E-state index >= 15 is 0 Å². The normalized spacial score (nSPS) is 13.5. The third kappa shape index (κ3) is 9.11. The van der Waals surface area contributed by atoms with Crippen molar-refractivity contribution in [2.75, 3.05) is 0 Å². The summed E-state index contributed by atoms with van der Waals surface area (Å²) in [6.45, 7) is 41.4. The van der Waals surface area contributed by atoms with Gasteiger partial charge in [0.15, 0.2) is 0 Å². The smallest absolute Gasteiger partial charge is 0.391 e.